The van der Waals surface area contributed by atoms with Crippen LogP contribution in [0.2, 0.25) is 0 Å². The molecule has 0 atom stereocenters. The summed E-state index contributed by atoms with van der Waals surface area (Å²) in [5.41, 5.74) is 4.78. The fraction of sp³-hybridized carbons (Fsp3) is 0.500. The monoisotopic (exact) mass is 89.1 g/mol. The molecule has 0 aromatic carbocycles. The molecule has 38 valence electrons. The van der Waals surface area contributed by atoms with Gasteiger partial charge in [0.1, 0.15) is 0 Å². The lowest BCUT2D eigenvalue weighted by Gasteiger charge is -1.71. The van der Waals surface area contributed by atoms with Crippen molar-refractivity contribution in [3.8, 4) is 0 Å². The van der Waals surface area contributed by atoms with Crippen molar-refractivity contribution in [1.29, 1.82) is 0 Å². The largest absolute Gasteiger partial charge is 0.395 e. The molecular weight excluding hydrogens is 78.0 g/mol. The Morgan fingerprint density at radius 2 is 1.67 bits per heavy atom. The van der Waals surface area contributed by atoms with E-state index in [0.29, 0.717) is 6.54 Å². The first kappa shape index (κ1) is 9.18. The van der Waals surface area contributed by atoms with E-state index in [1.165, 1.54) is 0 Å². The molecule has 0 bridgehead atoms. The molecule has 6 heavy (non-hydrogen) atoms. The third-order valence-electron chi connectivity index (χ3n) is 0.129. The maximum Gasteiger partial charge on any atom is 0.0553 e. The smallest absolute Gasteiger partial charge is 0.0553 e. The molecule has 2 nitrogen and oxygen atoms in total. The summed E-state index contributed by atoms with van der Waals surface area (Å²) in [5.74, 6) is 0. The molecule has 0 radical (unpaired) electrons. The highest BCUT2D eigenvalue weighted by Crippen LogP contribution is 1.33. The van der Waals surface area contributed by atoms with Crippen LogP contribution in [0.25, 0.3) is 0 Å². The van der Waals surface area contributed by atoms with E-state index in [1.54, 1.807) is 0 Å². The van der Waals surface area contributed by atoms with Crippen molar-refractivity contribution < 1.29 is 5.11 Å². The molecule has 0 aromatic heterocycles. The predicted octanol–water partition coefficient (Wildman–Crippen LogP) is -0.260. The molecule has 0 aliphatic rings. The Balaban J connectivity index is 0. The van der Waals surface area contributed by atoms with Gasteiger partial charge in [-0.3, -0.25) is 0 Å². The van der Waals surface area contributed by atoms with Crippen molar-refractivity contribution in [2.24, 2.45) is 5.73 Å². The molecular formula is C4H11NO. The van der Waals surface area contributed by atoms with Crippen molar-refractivity contribution >= 4 is 0 Å². The Bertz CT molecular complexity index is 15.0. The highest BCUT2D eigenvalue weighted by Gasteiger charge is 1.56. The number of hydrogen-bond acceptors (Lipinski definition) is 2. The van der Waals surface area contributed by atoms with E-state index in [9.17, 15) is 0 Å². The lowest BCUT2D eigenvalue weighted by Crippen LogP contribution is -2.02. The molecule has 0 aliphatic heterocycles. The standard InChI is InChI=1S/C2H7NO.C2H4/c3-1-2-4;1-2/h4H,1-3H2;1-2H2. The summed E-state index contributed by atoms with van der Waals surface area (Å²) < 4.78 is 0. The Morgan fingerprint density at radius 1 is 1.50 bits per heavy atom. The maximum atomic E-state index is 7.75. The summed E-state index contributed by atoms with van der Waals surface area (Å²) >= 11 is 0. The molecule has 2 heteroatoms. The molecule has 0 aliphatic carbocycles. The zero-order valence-corrected chi connectivity index (χ0v) is 3.85. The van der Waals surface area contributed by atoms with Crippen LogP contribution < -0.4 is 5.73 Å². The topological polar surface area (TPSA) is 46.2 Å². The molecule has 0 rings (SSSR count). The van der Waals surface area contributed by atoms with Crippen LogP contribution in [0.3, 0.4) is 0 Å². The number of hydrogen-bond donors (Lipinski definition) is 2. The summed E-state index contributed by atoms with van der Waals surface area (Å²) in [6, 6.07) is 0. The normalized spacial score (nSPS) is 5.67. The number of aliphatic hydroxyl groups is 1. The van der Waals surface area contributed by atoms with Gasteiger partial charge in [-0.05, 0) is 0 Å². The van der Waals surface area contributed by atoms with Gasteiger partial charge in [0.15, 0.2) is 0 Å². The van der Waals surface area contributed by atoms with Crippen LogP contribution in [0.15, 0.2) is 13.2 Å². The first-order chi connectivity index (χ1) is 2.91. The first-order valence-electron chi connectivity index (χ1n) is 1.72. The summed E-state index contributed by atoms with van der Waals surface area (Å²) in [6.45, 7) is 6.47. The average Bonchev–Trinajstić information content (AvgIpc) is 1.72. The van der Waals surface area contributed by atoms with Gasteiger partial charge in [0.2, 0.25) is 0 Å². The van der Waals surface area contributed by atoms with Crippen LogP contribution in [0, 0.1) is 0 Å². The molecule has 0 spiro atoms. The van der Waals surface area contributed by atoms with E-state index in [0.717, 1.165) is 0 Å². The van der Waals surface area contributed by atoms with Crippen molar-refractivity contribution in [3.63, 3.8) is 0 Å². The predicted molar refractivity (Wildman–Crippen MR) is 27.4 cm³/mol. The quantitative estimate of drug-likeness (QED) is 0.435. The third-order valence-corrected chi connectivity index (χ3v) is 0.129. The van der Waals surface area contributed by atoms with Crippen molar-refractivity contribution in [2.45, 2.75) is 0 Å². The fourth-order valence-electron chi connectivity index (χ4n) is 0. The fourth-order valence-corrected chi connectivity index (χ4v) is 0. The van der Waals surface area contributed by atoms with Crippen molar-refractivity contribution in [2.75, 3.05) is 13.2 Å². The second kappa shape index (κ2) is 22.7. The number of aliphatic hydroxyl groups excluding tert-OH is 1. The van der Waals surface area contributed by atoms with Gasteiger partial charge >= 0.3 is 0 Å². The second-order valence-electron chi connectivity index (χ2n) is 0.512. The third kappa shape index (κ3) is 59.5. The number of nitrogens with two attached hydrogens (primary N) is 1. The van der Waals surface area contributed by atoms with Crippen LogP contribution in [-0.4, -0.2) is 18.3 Å². The molecule has 0 amide bonds. The summed E-state index contributed by atoms with van der Waals surface area (Å²) in [6.07, 6.45) is 0. The lowest BCUT2D eigenvalue weighted by atomic mass is 10.8. The van der Waals surface area contributed by atoms with E-state index >= 15 is 0 Å². The molecule has 0 unspecified atom stereocenters. The van der Waals surface area contributed by atoms with Crippen LogP contribution >= 0.6 is 0 Å². The average molecular weight is 89.1 g/mol. The van der Waals surface area contributed by atoms with Crippen molar-refractivity contribution in [3.05, 3.63) is 13.2 Å². The van der Waals surface area contributed by atoms with Gasteiger partial charge in [-0.15, -0.1) is 13.2 Å². The van der Waals surface area contributed by atoms with Gasteiger partial charge in [0.05, 0.1) is 6.61 Å². The molecule has 0 fully saturated rings. The zero-order valence-electron chi connectivity index (χ0n) is 3.85. The van der Waals surface area contributed by atoms with Crippen molar-refractivity contribution in [1.82, 2.24) is 0 Å². The van der Waals surface area contributed by atoms with E-state index in [1.807, 2.05) is 0 Å². The summed E-state index contributed by atoms with van der Waals surface area (Å²) in [5, 5.41) is 7.75. The highest BCUT2D eigenvalue weighted by atomic mass is 16.3. The van der Waals surface area contributed by atoms with Crippen LogP contribution in [-0.2, 0) is 0 Å². The van der Waals surface area contributed by atoms with Gasteiger partial charge in [-0.2, -0.15) is 0 Å². The highest BCUT2D eigenvalue weighted by molar-refractivity contribution is 4.22. The van der Waals surface area contributed by atoms with E-state index < -0.39 is 0 Å². The van der Waals surface area contributed by atoms with Gasteiger partial charge in [-0.1, -0.05) is 0 Å². The molecule has 0 saturated carbocycles. The molecule has 0 aromatic rings. The Kier molecular flexibility index (Phi) is 34.6. The molecule has 0 saturated heterocycles. The van der Waals surface area contributed by atoms with Crippen LogP contribution in [0.5, 0.6) is 0 Å². The zero-order chi connectivity index (χ0) is 5.41. The SMILES string of the molecule is C=C.NCCO. The van der Waals surface area contributed by atoms with E-state index in [4.69, 9.17) is 10.8 Å². The van der Waals surface area contributed by atoms with Gasteiger partial charge < -0.3 is 10.8 Å². The molecule has 0 heterocycles. The van der Waals surface area contributed by atoms with Crippen LogP contribution in [0.4, 0.5) is 0 Å². The minimum absolute atomic E-state index is 0.0972. The lowest BCUT2D eigenvalue weighted by molar-refractivity contribution is 0.306. The van der Waals surface area contributed by atoms with Gasteiger partial charge in [0, 0.05) is 6.54 Å². The van der Waals surface area contributed by atoms with Crippen LogP contribution in [0.1, 0.15) is 0 Å². The second-order valence-corrected chi connectivity index (χ2v) is 0.512. The Hall–Kier alpha value is -0.340. The summed E-state index contributed by atoms with van der Waals surface area (Å²) in [4.78, 5) is 0. The van der Waals surface area contributed by atoms with Gasteiger partial charge in [-0.25, -0.2) is 0 Å². The minimum atomic E-state index is 0.0972. The Morgan fingerprint density at radius 3 is 1.67 bits per heavy atom. The van der Waals surface area contributed by atoms with Gasteiger partial charge in [0.25, 0.3) is 0 Å². The first-order valence-corrected chi connectivity index (χ1v) is 1.72. The minimum Gasteiger partial charge on any atom is -0.395 e. The summed E-state index contributed by atoms with van der Waals surface area (Å²) in [7, 11) is 0. The van der Waals surface area contributed by atoms with E-state index in [2.05, 4.69) is 13.2 Å². The number of rotatable bonds is 1. The van der Waals surface area contributed by atoms with E-state index in [-0.39, 0.29) is 6.61 Å². The maximum absolute atomic E-state index is 7.75. The Labute approximate surface area is 38.3 Å². The molecule has 3 N–H and O–H groups in total.